The van der Waals surface area contributed by atoms with Crippen LogP contribution in [-0.2, 0) is 14.2 Å². The number of rotatable bonds is 1. The van der Waals surface area contributed by atoms with Crippen LogP contribution in [0.15, 0.2) is 0 Å². The zero-order valence-electron chi connectivity index (χ0n) is 8.34. The Kier molecular flexibility index (Phi) is 3.82. The molecule has 2 fully saturated rings. The van der Waals surface area contributed by atoms with Gasteiger partial charge in [0.2, 0.25) is 0 Å². The SMILES string of the molecule is BrCC1CCCOC2(CCCCO2)O1. The zero-order chi connectivity index (χ0) is 9.86. The Bertz CT molecular complexity index is 180. The van der Waals surface area contributed by atoms with Crippen molar-refractivity contribution in [3.8, 4) is 0 Å². The Morgan fingerprint density at radius 3 is 2.64 bits per heavy atom. The molecule has 14 heavy (non-hydrogen) atoms. The molecule has 2 rings (SSSR count). The van der Waals surface area contributed by atoms with Gasteiger partial charge in [-0.3, -0.25) is 0 Å². The van der Waals surface area contributed by atoms with Crippen molar-refractivity contribution in [2.24, 2.45) is 0 Å². The molecular formula is C10H17BrO3. The fraction of sp³-hybridized carbons (Fsp3) is 1.00. The lowest BCUT2D eigenvalue weighted by Gasteiger charge is -2.36. The van der Waals surface area contributed by atoms with Gasteiger partial charge in [-0.1, -0.05) is 15.9 Å². The Labute approximate surface area is 93.2 Å². The van der Waals surface area contributed by atoms with E-state index < -0.39 is 5.97 Å². The molecule has 82 valence electrons. The van der Waals surface area contributed by atoms with Gasteiger partial charge in [0.1, 0.15) is 0 Å². The monoisotopic (exact) mass is 264 g/mol. The summed E-state index contributed by atoms with van der Waals surface area (Å²) >= 11 is 3.46. The molecule has 1 spiro atoms. The van der Waals surface area contributed by atoms with E-state index in [2.05, 4.69) is 15.9 Å². The van der Waals surface area contributed by atoms with Crippen molar-refractivity contribution in [3.05, 3.63) is 0 Å². The maximum Gasteiger partial charge on any atom is 0.283 e. The van der Waals surface area contributed by atoms with Gasteiger partial charge in [0.15, 0.2) is 0 Å². The summed E-state index contributed by atoms with van der Waals surface area (Å²) in [5.74, 6) is -0.715. The first kappa shape index (κ1) is 10.9. The van der Waals surface area contributed by atoms with Gasteiger partial charge in [-0.25, -0.2) is 0 Å². The highest BCUT2D eigenvalue weighted by molar-refractivity contribution is 9.09. The molecule has 0 aromatic heterocycles. The van der Waals surface area contributed by atoms with Crippen LogP contribution in [0.25, 0.3) is 0 Å². The molecule has 0 saturated carbocycles. The third kappa shape index (κ3) is 2.48. The van der Waals surface area contributed by atoms with Crippen molar-refractivity contribution >= 4 is 15.9 Å². The highest BCUT2D eigenvalue weighted by atomic mass is 79.9. The highest BCUT2D eigenvalue weighted by Crippen LogP contribution is 2.32. The number of alkyl halides is 1. The van der Waals surface area contributed by atoms with Crippen LogP contribution >= 0.6 is 15.9 Å². The standard InChI is InChI=1S/C10H17BrO3/c11-8-9-4-3-7-13-10(14-9)5-1-2-6-12-10/h9H,1-8H2. The number of ether oxygens (including phenoxy) is 3. The van der Waals surface area contributed by atoms with E-state index in [4.69, 9.17) is 14.2 Å². The van der Waals surface area contributed by atoms with Gasteiger partial charge in [0, 0.05) is 11.8 Å². The molecule has 3 nitrogen and oxygen atoms in total. The summed E-state index contributed by atoms with van der Waals surface area (Å²) in [4.78, 5) is 0. The van der Waals surface area contributed by atoms with Crippen LogP contribution < -0.4 is 0 Å². The summed E-state index contributed by atoms with van der Waals surface area (Å²) in [6.45, 7) is 1.51. The average Bonchev–Trinajstić information content (AvgIpc) is 2.42. The Morgan fingerprint density at radius 1 is 1.14 bits per heavy atom. The molecule has 2 saturated heterocycles. The largest absolute Gasteiger partial charge is 0.327 e. The third-order valence-corrected chi connectivity index (χ3v) is 3.43. The molecule has 0 N–H and O–H groups in total. The fourth-order valence-electron chi connectivity index (χ4n) is 1.94. The van der Waals surface area contributed by atoms with Gasteiger partial charge in [-0.15, -0.1) is 0 Å². The molecule has 4 heteroatoms. The Morgan fingerprint density at radius 2 is 1.93 bits per heavy atom. The van der Waals surface area contributed by atoms with E-state index in [0.29, 0.717) is 0 Å². The van der Waals surface area contributed by atoms with Gasteiger partial charge >= 0.3 is 0 Å². The minimum atomic E-state index is -0.715. The van der Waals surface area contributed by atoms with Crippen molar-refractivity contribution in [2.75, 3.05) is 18.5 Å². The van der Waals surface area contributed by atoms with E-state index in [9.17, 15) is 0 Å². The lowest BCUT2D eigenvalue weighted by Crippen LogP contribution is -2.43. The van der Waals surface area contributed by atoms with Crippen molar-refractivity contribution < 1.29 is 14.2 Å². The predicted octanol–water partition coefficient (Wildman–Crippen LogP) is 2.43. The normalized spacial score (nSPS) is 39.6. The topological polar surface area (TPSA) is 27.7 Å². The van der Waals surface area contributed by atoms with Crippen LogP contribution in [0.5, 0.6) is 0 Å². The van der Waals surface area contributed by atoms with E-state index in [-0.39, 0.29) is 6.10 Å². The molecule has 2 heterocycles. The average molecular weight is 265 g/mol. The molecule has 2 aliphatic heterocycles. The summed E-state index contributed by atoms with van der Waals surface area (Å²) in [7, 11) is 0. The van der Waals surface area contributed by atoms with Crippen molar-refractivity contribution in [1.29, 1.82) is 0 Å². The third-order valence-electron chi connectivity index (χ3n) is 2.71. The first-order valence-electron chi connectivity index (χ1n) is 5.36. The summed E-state index contributed by atoms with van der Waals surface area (Å²) in [6, 6.07) is 0. The number of hydrogen-bond donors (Lipinski definition) is 0. The summed E-state index contributed by atoms with van der Waals surface area (Å²) in [5.41, 5.74) is 0. The second kappa shape index (κ2) is 4.92. The van der Waals surface area contributed by atoms with E-state index in [1.807, 2.05) is 0 Å². The lowest BCUT2D eigenvalue weighted by molar-refractivity contribution is -0.395. The Hall–Kier alpha value is 0.360. The number of hydrogen-bond acceptors (Lipinski definition) is 3. The van der Waals surface area contributed by atoms with Crippen LogP contribution in [0.3, 0.4) is 0 Å². The first-order valence-corrected chi connectivity index (χ1v) is 6.48. The minimum Gasteiger partial charge on any atom is -0.327 e. The predicted molar refractivity (Wildman–Crippen MR) is 56.4 cm³/mol. The van der Waals surface area contributed by atoms with Crippen molar-refractivity contribution in [1.82, 2.24) is 0 Å². The molecule has 0 aliphatic carbocycles. The molecule has 0 bridgehead atoms. The van der Waals surface area contributed by atoms with E-state index >= 15 is 0 Å². The van der Waals surface area contributed by atoms with Gasteiger partial charge < -0.3 is 14.2 Å². The van der Waals surface area contributed by atoms with Crippen LogP contribution in [0.1, 0.15) is 32.1 Å². The molecule has 0 aromatic rings. The summed E-state index contributed by atoms with van der Waals surface area (Å²) in [6.07, 6.45) is 5.46. The molecule has 0 aromatic carbocycles. The second-order valence-corrected chi connectivity index (χ2v) is 4.52. The van der Waals surface area contributed by atoms with Crippen molar-refractivity contribution in [3.63, 3.8) is 0 Å². The first-order chi connectivity index (χ1) is 6.85. The molecule has 2 atom stereocenters. The zero-order valence-corrected chi connectivity index (χ0v) is 9.92. The van der Waals surface area contributed by atoms with Gasteiger partial charge in [-0.2, -0.15) is 0 Å². The van der Waals surface area contributed by atoms with Gasteiger partial charge in [0.05, 0.1) is 19.3 Å². The smallest absolute Gasteiger partial charge is 0.283 e. The molecular weight excluding hydrogens is 248 g/mol. The quantitative estimate of drug-likeness (QED) is 0.681. The Balaban J connectivity index is 2.00. The fourth-order valence-corrected chi connectivity index (χ4v) is 2.40. The molecule has 0 radical (unpaired) electrons. The van der Waals surface area contributed by atoms with Crippen molar-refractivity contribution in [2.45, 2.75) is 44.2 Å². The van der Waals surface area contributed by atoms with Crippen LogP contribution in [-0.4, -0.2) is 30.6 Å². The highest BCUT2D eigenvalue weighted by Gasteiger charge is 2.39. The second-order valence-electron chi connectivity index (χ2n) is 3.87. The molecule has 0 amide bonds. The summed E-state index contributed by atoms with van der Waals surface area (Å²) in [5, 5.41) is 0.863. The maximum atomic E-state index is 5.90. The van der Waals surface area contributed by atoms with E-state index in [1.54, 1.807) is 0 Å². The number of halogens is 1. The van der Waals surface area contributed by atoms with Crippen LogP contribution in [0.4, 0.5) is 0 Å². The van der Waals surface area contributed by atoms with Crippen LogP contribution in [0, 0.1) is 0 Å². The molecule has 2 aliphatic rings. The lowest BCUT2D eigenvalue weighted by atomic mass is 10.2. The van der Waals surface area contributed by atoms with Crippen LogP contribution in [0.2, 0.25) is 0 Å². The molecule has 2 unspecified atom stereocenters. The maximum absolute atomic E-state index is 5.90. The van der Waals surface area contributed by atoms with E-state index in [1.165, 1.54) is 0 Å². The van der Waals surface area contributed by atoms with Gasteiger partial charge in [0.25, 0.3) is 5.97 Å². The summed E-state index contributed by atoms with van der Waals surface area (Å²) < 4.78 is 17.2. The van der Waals surface area contributed by atoms with Gasteiger partial charge in [-0.05, 0) is 25.7 Å². The van der Waals surface area contributed by atoms with E-state index in [0.717, 1.165) is 50.6 Å². The minimum absolute atomic E-state index is 0.232.